The Labute approximate surface area is 192 Å². The Kier molecular flexibility index (Phi) is 6.85. The molecule has 8 heteroatoms. The summed E-state index contributed by atoms with van der Waals surface area (Å²) >= 11 is 0. The van der Waals surface area contributed by atoms with Crippen LogP contribution in [0.25, 0.3) is 0 Å². The van der Waals surface area contributed by atoms with E-state index >= 15 is 0 Å². The lowest BCUT2D eigenvalue weighted by Crippen LogP contribution is -2.38. The van der Waals surface area contributed by atoms with Crippen LogP contribution in [0, 0.1) is 17.6 Å². The van der Waals surface area contributed by atoms with Gasteiger partial charge in [-0.25, -0.2) is 17.2 Å². The fourth-order valence-corrected chi connectivity index (χ4v) is 5.49. The van der Waals surface area contributed by atoms with E-state index in [4.69, 9.17) is 0 Å². The van der Waals surface area contributed by atoms with Crippen LogP contribution >= 0.6 is 0 Å². The second-order valence-electron chi connectivity index (χ2n) is 8.14. The maximum atomic E-state index is 14.6. The molecule has 0 unspecified atom stereocenters. The van der Waals surface area contributed by atoms with Crippen LogP contribution in [0.4, 0.5) is 14.5 Å². The molecule has 1 amide bonds. The average Bonchev–Trinajstić information content (AvgIpc) is 2.82. The first-order valence-corrected chi connectivity index (χ1v) is 12.2. The highest BCUT2D eigenvalue weighted by atomic mass is 32.2. The summed E-state index contributed by atoms with van der Waals surface area (Å²) < 4.78 is 55.1. The Morgan fingerprint density at radius 3 is 2.24 bits per heavy atom. The van der Waals surface area contributed by atoms with E-state index in [0.29, 0.717) is 19.0 Å². The first-order chi connectivity index (χ1) is 15.8. The molecule has 33 heavy (non-hydrogen) atoms. The third-order valence-electron chi connectivity index (χ3n) is 5.87. The Morgan fingerprint density at radius 1 is 0.939 bits per heavy atom. The molecule has 3 aromatic rings. The van der Waals surface area contributed by atoms with Gasteiger partial charge in [-0.2, -0.15) is 4.31 Å². The van der Waals surface area contributed by atoms with E-state index < -0.39 is 27.6 Å². The highest BCUT2D eigenvalue weighted by Gasteiger charge is 2.30. The number of halogens is 2. The van der Waals surface area contributed by atoms with Crippen LogP contribution in [0.3, 0.4) is 0 Å². The predicted octanol–water partition coefficient (Wildman–Crippen LogP) is 4.86. The van der Waals surface area contributed by atoms with E-state index in [0.717, 1.165) is 37.5 Å². The highest BCUT2D eigenvalue weighted by molar-refractivity contribution is 7.89. The second-order valence-corrected chi connectivity index (χ2v) is 10.1. The number of sulfonamides is 1. The Morgan fingerprint density at radius 2 is 1.61 bits per heavy atom. The van der Waals surface area contributed by atoms with Crippen LogP contribution in [-0.2, 0) is 16.4 Å². The van der Waals surface area contributed by atoms with Crippen LogP contribution < -0.4 is 5.32 Å². The molecule has 1 N–H and O–H groups in total. The fourth-order valence-electron chi connectivity index (χ4n) is 4.00. The zero-order valence-corrected chi connectivity index (χ0v) is 18.7. The maximum Gasteiger partial charge on any atom is 0.255 e. The molecule has 1 saturated heterocycles. The van der Waals surface area contributed by atoms with Gasteiger partial charge in [0, 0.05) is 18.7 Å². The SMILES string of the molecule is O=C(Nc1ccc(S(=O)(=O)N2CCC(Cc3ccccc3)CC2)cc1F)c1ccc(F)cc1. The summed E-state index contributed by atoms with van der Waals surface area (Å²) in [6.45, 7) is 0.759. The lowest BCUT2D eigenvalue weighted by atomic mass is 9.91. The lowest BCUT2D eigenvalue weighted by molar-refractivity contribution is 0.102. The monoisotopic (exact) mass is 470 g/mol. The molecule has 172 valence electrons. The summed E-state index contributed by atoms with van der Waals surface area (Å²) in [7, 11) is -3.84. The van der Waals surface area contributed by atoms with Gasteiger partial charge < -0.3 is 5.32 Å². The summed E-state index contributed by atoms with van der Waals surface area (Å²) in [6, 6.07) is 18.4. The minimum Gasteiger partial charge on any atom is -0.319 e. The summed E-state index contributed by atoms with van der Waals surface area (Å²) in [5, 5.41) is 2.39. The van der Waals surface area contributed by atoms with Crippen LogP contribution in [-0.4, -0.2) is 31.7 Å². The van der Waals surface area contributed by atoms with Crippen molar-refractivity contribution in [1.29, 1.82) is 0 Å². The van der Waals surface area contributed by atoms with Crippen molar-refractivity contribution < 1.29 is 22.0 Å². The number of nitrogens with zero attached hydrogens (tertiary/aromatic N) is 1. The van der Waals surface area contributed by atoms with E-state index in [2.05, 4.69) is 17.4 Å². The minimum absolute atomic E-state index is 0.148. The third kappa shape index (κ3) is 5.46. The Balaban J connectivity index is 1.40. The first kappa shape index (κ1) is 23.1. The number of hydrogen-bond donors (Lipinski definition) is 1. The highest BCUT2D eigenvalue weighted by Crippen LogP contribution is 2.28. The average molecular weight is 471 g/mol. The molecule has 5 nitrogen and oxygen atoms in total. The van der Waals surface area contributed by atoms with Crippen LogP contribution in [0.2, 0.25) is 0 Å². The Hall–Kier alpha value is -3.10. The van der Waals surface area contributed by atoms with Gasteiger partial charge in [-0.1, -0.05) is 30.3 Å². The topological polar surface area (TPSA) is 66.5 Å². The van der Waals surface area contributed by atoms with Crippen molar-refractivity contribution in [1.82, 2.24) is 4.31 Å². The maximum absolute atomic E-state index is 14.6. The van der Waals surface area contributed by atoms with Crippen molar-refractivity contribution in [3.63, 3.8) is 0 Å². The van der Waals surface area contributed by atoms with Crippen LogP contribution in [0.15, 0.2) is 77.7 Å². The summed E-state index contributed by atoms with van der Waals surface area (Å²) in [6.07, 6.45) is 2.39. The van der Waals surface area contributed by atoms with E-state index in [-0.39, 0.29) is 16.1 Å². The number of anilines is 1. The molecule has 1 aliphatic rings. The van der Waals surface area contributed by atoms with E-state index in [1.165, 1.54) is 34.1 Å². The van der Waals surface area contributed by atoms with Crippen LogP contribution in [0.5, 0.6) is 0 Å². The van der Waals surface area contributed by atoms with Gasteiger partial charge >= 0.3 is 0 Å². The Bertz CT molecular complexity index is 1220. The van der Waals surface area contributed by atoms with E-state index in [1.54, 1.807) is 0 Å². The molecule has 4 rings (SSSR count). The number of nitrogens with one attached hydrogen (secondary N) is 1. The van der Waals surface area contributed by atoms with Crippen LogP contribution in [0.1, 0.15) is 28.8 Å². The van der Waals surface area contributed by atoms with Gasteiger partial charge in [-0.3, -0.25) is 4.79 Å². The molecule has 0 atom stereocenters. The fraction of sp³-hybridized carbons (Fsp3) is 0.240. The number of piperidine rings is 1. The smallest absolute Gasteiger partial charge is 0.255 e. The lowest BCUT2D eigenvalue weighted by Gasteiger charge is -2.31. The molecule has 0 spiro atoms. The largest absolute Gasteiger partial charge is 0.319 e. The second kappa shape index (κ2) is 9.80. The van der Waals surface area contributed by atoms with E-state index in [1.807, 2.05) is 18.2 Å². The number of amides is 1. The molecule has 0 bridgehead atoms. The molecule has 0 aromatic heterocycles. The normalized spacial score (nSPS) is 15.3. The van der Waals surface area contributed by atoms with Crippen molar-refractivity contribution in [2.24, 2.45) is 5.92 Å². The first-order valence-electron chi connectivity index (χ1n) is 10.7. The zero-order chi connectivity index (χ0) is 23.4. The molecule has 3 aromatic carbocycles. The van der Waals surface area contributed by atoms with Gasteiger partial charge in [-0.05, 0) is 73.2 Å². The summed E-state index contributed by atoms with van der Waals surface area (Å²) in [5.41, 5.74) is 1.25. The quantitative estimate of drug-likeness (QED) is 0.560. The number of hydrogen-bond acceptors (Lipinski definition) is 3. The van der Waals surface area contributed by atoms with Gasteiger partial charge in [0.1, 0.15) is 11.6 Å². The zero-order valence-electron chi connectivity index (χ0n) is 17.9. The van der Waals surface area contributed by atoms with Gasteiger partial charge in [0.25, 0.3) is 5.91 Å². The van der Waals surface area contributed by atoms with Crippen molar-refractivity contribution >= 4 is 21.6 Å². The van der Waals surface area contributed by atoms with Crippen molar-refractivity contribution in [3.05, 3.63) is 95.6 Å². The predicted molar refractivity (Wildman–Crippen MR) is 122 cm³/mol. The molecule has 1 aliphatic heterocycles. The van der Waals surface area contributed by atoms with Gasteiger partial charge in [0.05, 0.1) is 10.6 Å². The van der Waals surface area contributed by atoms with Crippen molar-refractivity contribution in [3.8, 4) is 0 Å². The molecule has 0 aliphatic carbocycles. The van der Waals surface area contributed by atoms with Crippen molar-refractivity contribution in [2.75, 3.05) is 18.4 Å². The van der Waals surface area contributed by atoms with Gasteiger partial charge in [-0.15, -0.1) is 0 Å². The van der Waals surface area contributed by atoms with E-state index in [9.17, 15) is 22.0 Å². The molecular formula is C25H24F2N2O3S. The molecule has 1 fully saturated rings. The molecular weight excluding hydrogens is 446 g/mol. The summed E-state index contributed by atoms with van der Waals surface area (Å²) in [4.78, 5) is 12.1. The van der Waals surface area contributed by atoms with Gasteiger partial charge in [0.15, 0.2) is 0 Å². The number of benzene rings is 3. The number of carbonyl (C=O) groups is 1. The summed E-state index contributed by atoms with van der Waals surface area (Å²) in [5.74, 6) is -1.56. The van der Waals surface area contributed by atoms with Gasteiger partial charge in [0.2, 0.25) is 10.0 Å². The number of carbonyl (C=O) groups excluding carboxylic acids is 1. The number of rotatable bonds is 6. The minimum atomic E-state index is -3.84. The van der Waals surface area contributed by atoms with Crippen molar-refractivity contribution in [2.45, 2.75) is 24.2 Å². The molecule has 0 saturated carbocycles. The molecule has 1 heterocycles. The molecule has 0 radical (unpaired) electrons. The standard InChI is InChI=1S/C25H24F2N2O3S/c26-21-8-6-20(7-9-21)25(30)28-24-11-10-22(17-23(24)27)33(31,32)29-14-12-19(13-15-29)16-18-4-2-1-3-5-18/h1-11,17,19H,12-16H2,(H,28,30). The third-order valence-corrected chi connectivity index (χ3v) is 7.77.